The quantitative estimate of drug-likeness (QED) is 0.805. The van der Waals surface area contributed by atoms with Crippen molar-refractivity contribution in [2.24, 2.45) is 5.73 Å². The third kappa shape index (κ3) is 3.37. The van der Waals surface area contributed by atoms with Crippen LogP contribution in [0.4, 0.5) is 0 Å². The Morgan fingerprint density at radius 2 is 1.92 bits per heavy atom. The molecule has 24 heavy (non-hydrogen) atoms. The predicted molar refractivity (Wildman–Crippen MR) is 85.4 cm³/mol. The number of carbonyl (C=O) groups excluding carboxylic acids is 2. The Morgan fingerprint density at radius 1 is 1.17 bits per heavy atom. The van der Waals surface area contributed by atoms with E-state index in [1.165, 1.54) is 18.0 Å². The Bertz CT molecular complexity index is 788. The van der Waals surface area contributed by atoms with Crippen LogP contribution in [-0.4, -0.2) is 38.3 Å². The van der Waals surface area contributed by atoms with Crippen LogP contribution in [0.2, 0.25) is 0 Å². The highest BCUT2D eigenvalue weighted by atomic mass is 16.2. The number of amides is 2. The van der Waals surface area contributed by atoms with Gasteiger partial charge in [0.05, 0.1) is 12.4 Å². The second-order valence-corrected chi connectivity index (χ2v) is 5.66. The van der Waals surface area contributed by atoms with Crippen LogP contribution in [-0.2, 0) is 19.3 Å². The molecule has 0 saturated heterocycles. The SMILES string of the molecule is Cc1nc(CCNC(=O)c2cnc(C(N)=O)cn2)nc2c1CCC2. The van der Waals surface area contributed by atoms with Gasteiger partial charge < -0.3 is 11.1 Å². The predicted octanol–water partition coefficient (Wildman–Crippen LogP) is 0.135. The summed E-state index contributed by atoms with van der Waals surface area (Å²) in [5.74, 6) is -0.307. The minimum absolute atomic E-state index is 0.0218. The second-order valence-electron chi connectivity index (χ2n) is 5.66. The Labute approximate surface area is 138 Å². The van der Waals surface area contributed by atoms with E-state index in [4.69, 9.17) is 5.73 Å². The van der Waals surface area contributed by atoms with Gasteiger partial charge in [-0.3, -0.25) is 9.59 Å². The van der Waals surface area contributed by atoms with Crippen molar-refractivity contribution in [2.75, 3.05) is 6.54 Å². The molecule has 0 fully saturated rings. The highest BCUT2D eigenvalue weighted by molar-refractivity contribution is 5.93. The molecule has 2 aromatic heterocycles. The summed E-state index contributed by atoms with van der Waals surface area (Å²) in [5.41, 5.74) is 8.67. The number of aryl methyl sites for hydroxylation is 2. The zero-order valence-corrected chi connectivity index (χ0v) is 13.4. The van der Waals surface area contributed by atoms with Gasteiger partial charge in [0.1, 0.15) is 17.2 Å². The van der Waals surface area contributed by atoms with E-state index in [2.05, 4.69) is 25.3 Å². The number of hydrogen-bond acceptors (Lipinski definition) is 6. The average molecular weight is 326 g/mol. The molecule has 0 bridgehead atoms. The summed E-state index contributed by atoms with van der Waals surface area (Å²) >= 11 is 0. The fraction of sp³-hybridized carbons (Fsp3) is 0.375. The summed E-state index contributed by atoms with van der Waals surface area (Å²) < 4.78 is 0. The van der Waals surface area contributed by atoms with Gasteiger partial charge in [-0.15, -0.1) is 0 Å². The lowest BCUT2D eigenvalue weighted by Gasteiger charge is -2.08. The van der Waals surface area contributed by atoms with Gasteiger partial charge in [-0.05, 0) is 31.7 Å². The number of aromatic nitrogens is 4. The third-order valence-corrected chi connectivity index (χ3v) is 3.96. The van der Waals surface area contributed by atoms with Gasteiger partial charge in [0.15, 0.2) is 0 Å². The molecule has 2 aromatic rings. The van der Waals surface area contributed by atoms with Crippen LogP contribution in [0, 0.1) is 6.92 Å². The van der Waals surface area contributed by atoms with E-state index in [1.807, 2.05) is 6.92 Å². The largest absolute Gasteiger partial charge is 0.364 e. The molecule has 0 unspecified atom stereocenters. The molecule has 0 saturated carbocycles. The third-order valence-electron chi connectivity index (χ3n) is 3.96. The highest BCUT2D eigenvalue weighted by Crippen LogP contribution is 2.22. The van der Waals surface area contributed by atoms with Crippen molar-refractivity contribution in [3.8, 4) is 0 Å². The first-order valence-electron chi connectivity index (χ1n) is 7.80. The fourth-order valence-corrected chi connectivity index (χ4v) is 2.75. The van der Waals surface area contributed by atoms with E-state index < -0.39 is 5.91 Å². The van der Waals surface area contributed by atoms with Crippen molar-refractivity contribution in [2.45, 2.75) is 32.6 Å². The van der Waals surface area contributed by atoms with Crippen molar-refractivity contribution < 1.29 is 9.59 Å². The Morgan fingerprint density at radius 3 is 2.62 bits per heavy atom. The van der Waals surface area contributed by atoms with Crippen molar-refractivity contribution in [1.29, 1.82) is 0 Å². The molecular formula is C16H18N6O2. The summed E-state index contributed by atoms with van der Waals surface area (Å²) in [7, 11) is 0. The van der Waals surface area contributed by atoms with Gasteiger partial charge in [0.25, 0.3) is 11.8 Å². The van der Waals surface area contributed by atoms with Crippen LogP contribution in [0.1, 0.15) is 50.2 Å². The first kappa shape index (κ1) is 16.0. The van der Waals surface area contributed by atoms with Gasteiger partial charge in [-0.2, -0.15) is 0 Å². The topological polar surface area (TPSA) is 124 Å². The van der Waals surface area contributed by atoms with Crippen molar-refractivity contribution in [1.82, 2.24) is 25.3 Å². The number of fused-ring (bicyclic) bond motifs is 1. The number of hydrogen-bond donors (Lipinski definition) is 2. The van der Waals surface area contributed by atoms with Crippen LogP contribution in [0.3, 0.4) is 0 Å². The van der Waals surface area contributed by atoms with E-state index in [1.54, 1.807) is 0 Å². The summed E-state index contributed by atoms with van der Waals surface area (Å²) in [5, 5.41) is 2.75. The number of carbonyl (C=O) groups is 2. The molecule has 0 spiro atoms. The van der Waals surface area contributed by atoms with Crippen LogP contribution >= 0.6 is 0 Å². The van der Waals surface area contributed by atoms with E-state index in [0.717, 1.165) is 36.5 Å². The zero-order valence-electron chi connectivity index (χ0n) is 13.4. The molecule has 0 aliphatic heterocycles. The molecule has 1 aliphatic carbocycles. The maximum Gasteiger partial charge on any atom is 0.271 e. The van der Waals surface area contributed by atoms with Crippen LogP contribution in [0.5, 0.6) is 0 Å². The number of nitrogens with two attached hydrogens (primary N) is 1. The van der Waals surface area contributed by atoms with E-state index >= 15 is 0 Å². The van der Waals surface area contributed by atoms with Gasteiger partial charge in [-0.25, -0.2) is 19.9 Å². The normalized spacial score (nSPS) is 12.7. The first-order valence-corrected chi connectivity index (χ1v) is 7.80. The molecule has 0 atom stereocenters. The molecule has 0 radical (unpaired) electrons. The second kappa shape index (κ2) is 6.69. The van der Waals surface area contributed by atoms with E-state index in [0.29, 0.717) is 13.0 Å². The van der Waals surface area contributed by atoms with Crippen molar-refractivity contribution >= 4 is 11.8 Å². The highest BCUT2D eigenvalue weighted by Gasteiger charge is 2.17. The molecular weight excluding hydrogens is 308 g/mol. The van der Waals surface area contributed by atoms with Gasteiger partial charge in [-0.1, -0.05) is 0 Å². The smallest absolute Gasteiger partial charge is 0.271 e. The van der Waals surface area contributed by atoms with Crippen LogP contribution in [0.15, 0.2) is 12.4 Å². The number of nitrogens with one attached hydrogen (secondary N) is 1. The van der Waals surface area contributed by atoms with Crippen LogP contribution in [0.25, 0.3) is 0 Å². The molecule has 8 heteroatoms. The van der Waals surface area contributed by atoms with Gasteiger partial charge >= 0.3 is 0 Å². The lowest BCUT2D eigenvalue weighted by molar-refractivity contribution is 0.0944. The number of primary amides is 1. The molecule has 124 valence electrons. The summed E-state index contributed by atoms with van der Waals surface area (Å²) in [4.78, 5) is 39.7. The van der Waals surface area contributed by atoms with Crippen molar-refractivity contribution in [3.05, 3.63) is 46.6 Å². The number of rotatable bonds is 5. The van der Waals surface area contributed by atoms with Gasteiger partial charge in [0, 0.05) is 24.4 Å². The molecule has 3 N–H and O–H groups in total. The Hall–Kier alpha value is -2.90. The summed E-state index contributed by atoms with van der Waals surface area (Å²) in [6.07, 6.45) is 6.14. The lowest BCUT2D eigenvalue weighted by atomic mass is 10.2. The standard InChI is InChI=1S/C16H18N6O2/c1-9-10-3-2-4-11(10)22-14(21-9)5-6-18-16(24)13-8-19-12(7-20-13)15(17)23/h7-8H,2-6H2,1H3,(H2,17,23)(H,18,24). The zero-order chi connectivity index (χ0) is 17.1. The van der Waals surface area contributed by atoms with Crippen LogP contribution < -0.4 is 11.1 Å². The lowest BCUT2D eigenvalue weighted by Crippen LogP contribution is -2.27. The molecule has 2 heterocycles. The van der Waals surface area contributed by atoms with E-state index in [-0.39, 0.29) is 17.3 Å². The summed E-state index contributed by atoms with van der Waals surface area (Å²) in [6, 6.07) is 0. The fourth-order valence-electron chi connectivity index (χ4n) is 2.75. The number of nitrogens with zero attached hydrogens (tertiary/aromatic N) is 4. The molecule has 8 nitrogen and oxygen atoms in total. The average Bonchev–Trinajstić information content (AvgIpc) is 3.04. The maximum absolute atomic E-state index is 12.0. The molecule has 1 aliphatic rings. The minimum Gasteiger partial charge on any atom is -0.364 e. The molecule has 0 aromatic carbocycles. The minimum atomic E-state index is -0.682. The Balaban J connectivity index is 1.57. The summed E-state index contributed by atoms with van der Waals surface area (Å²) in [6.45, 7) is 2.40. The van der Waals surface area contributed by atoms with Crippen molar-refractivity contribution in [3.63, 3.8) is 0 Å². The van der Waals surface area contributed by atoms with E-state index in [9.17, 15) is 9.59 Å². The first-order chi connectivity index (χ1) is 11.5. The van der Waals surface area contributed by atoms with Gasteiger partial charge in [0.2, 0.25) is 0 Å². The monoisotopic (exact) mass is 326 g/mol. The molecule has 3 rings (SSSR count). The maximum atomic E-state index is 12.0. The molecule has 2 amide bonds. The Kier molecular flexibility index (Phi) is 4.45.